The van der Waals surface area contributed by atoms with Gasteiger partial charge in [0.2, 0.25) is 5.91 Å². The standard InChI is InChI=1S/C19H23F3N4O2/c1-11-7-12(25-18(28)15(23)10-27)9-26(8-11)16-5-4-14(19(20,21)22)17-13(16)3-2-6-24-17/h2-6,11-12,15,27H,7-10,23H2,1H3,(H,25,28)/t11-,12+,15+/m0/s1. The van der Waals surface area contributed by atoms with Crippen LogP contribution < -0.4 is 16.0 Å². The van der Waals surface area contributed by atoms with Gasteiger partial charge in [0.05, 0.1) is 17.7 Å². The lowest BCUT2D eigenvalue weighted by molar-refractivity contribution is -0.136. The van der Waals surface area contributed by atoms with Crippen molar-refractivity contribution < 1.29 is 23.1 Å². The fourth-order valence-electron chi connectivity index (χ4n) is 3.71. The van der Waals surface area contributed by atoms with E-state index in [1.165, 1.54) is 12.3 Å². The summed E-state index contributed by atoms with van der Waals surface area (Å²) < 4.78 is 40.0. The zero-order chi connectivity index (χ0) is 20.5. The van der Waals surface area contributed by atoms with E-state index in [2.05, 4.69) is 10.3 Å². The van der Waals surface area contributed by atoms with Gasteiger partial charge in [-0.1, -0.05) is 6.92 Å². The number of aromatic nitrogens is 1. The van der Waals surface area contributed by atoms with Gasteiger partial charge in [-0.25, -0.2) is 0 Å². The Kier molecular flexibility index (Phi) is 5.76. The number of aliphatic hydroxyl groups excluding tert-OH is 1. The van der Waals surface area contributed by atoms with Gasteiger partial charge in [-0.05, 0) is 36.6 Å². The van der Waals surface area contributed by atoms with Gasteiger partial charge >= 0.3 is 6.18 Å². The second-order valence-electron chi connectivity index (χ2n) is 7.27. The summed E-state index contributed by atoms with van der Waals surface area (Å²) in [6, 6.07) is 4.53. The lowest BCUT2D eigenvalue weighted by atomic mass is 9.94. The lowest BCUT2D eigenvalue weighted by Crippen LogP contribution is -2.54. The highest BCUT2D eigenvalue weighted by atomic mass is 19.4. The molecule has 0 radical (unpaired) electrons. The molecule has 1 aliphatic rings. The molecule has 1 aliphatic heterocycles. The maximum atomic E-state index is 13.3. The summed E-state index contributed by atoms with van der Waals surface area (Å²) in [6.07, 6.45) is -2.42. The number of piperidine rings is 1. The van der Waals surface area contributed by atoms with Gasteiger partial charge in [-0.15, -0.1) is 0 Å². The number of amides is 1. The highest BCUT2D eigenvalue weighted by Gasteiger charge is 2.35. The maximum absolute atomic E-state index is 13.3. The number of hydrogen-bond donors (Lipinski definition) is 3. The Hall–Kier alpha value is -2.39. The van der Waals surface area contributed by atoms with E-state index in [0.29, 0.717) is 24.2 Å². The van der Waals surface area contributed by atoms with Crippen LogP contribution in [0.15, 0.2) is 30.5 Å². The molecule has 2 heterocycles. The first kappa shape index (κ1) is 20.3. The van der Waals surface area contributed by atoms with Crippen LogP contribution in [0.3, 0.4) is 0 Å². The van der Waals surface area contributed by atoms with Crippen molar-refractivity contribution in [2.45, 2.75) is 31.6 Å². The summed E-state index contributed by atoms with van der Waals surface area (Å²) in [5.74, 6) is -0.237. The van der Waals surface area contributed by atoms with E-state index in [-0.39, 0.29) is 17.5 Å². The van der Waals surface area contributed by atoms with Gasteiger partial charge in [0, 0.05) is 36.4 Å². The predicted octanol–water partition coefficient (Wildman–Crippen LogP) is 1.90. The molecule has 1 saturated heterocycles. The number of aliphatic hydroxyl groups is 1. The molecular formula is C19H23F3N4O2. The van der Waals surface area contributed by atoms with Crippen LogP contribution in [0.4, 0.5) is 18.9 Å². The number of pyridine rings is 1. The van der Waals surface area contributed by atoms with Crippen LogP contribution in [-0.4, -0.2) is 47.8 Å². The zero-order valence-electron chi connectivity index (χ0n) is 15.4. The summed E-state index contributed by atoms with van der Waals surface area (Å²) >= 11 is 0. The molecule has 28 heavy (non-hydrogen) atoms. The van der Waals surface area contributed by atoms with Crippen molar-refractivity contribution in [3.63, 3.8) is 0 Å². The molecule has 3 atom stereocenters. The summed E-state index contributed by atoms with van der Waals surface area (Å²) in [5.41, 5.74) is 5.34. The number of nitrogens with zero attached hydrogens (tertiary/aromatic N) is 2. The molecule has 3 rings (SSSR count). The molecule has 0 unspecified atom stereocenters. The minimum absolute atomic E-state index is 0.0892. The van der Waals surface area contributed by atoms with E-state index in [4.69, 9.17) is 10.8 Å². The summed E-state index contributed by atoms with van der Waals surface area (Å²) in [4.78, 5) is 17.9. The molecule has 0 spiro atoms. The van der Waals surface area contributed by atoms with E-state index in [1.807, 2.05) is 11.8 Å². The average molecular weight is 396 g/mol. The molecule has 152 valence electrons. The minimum Gasteiger partial charge on any atom is -0.394 e. The van der Waals surface area contributed by atoms with E-state index in [9.17, 15) is 18.0 Å². The highest BCUT2D eigenvalue weighted by Crippen LogP contribution is 2.38. The molecule has 0 aliphatic carbocycles. The van der Waals surface area contributed by atoms with Crippen LogP contribution in [0, 0.1) is 5.92 Å². The van der Waals surface area contributed by atoms with Crippen LogP contribution in [0.2, 0.25) is 0 Å². The molecule has 1 aromatic heterocycles. The number of carbonyl (C=O) groups is 1. The van der Waals surface area contributed by atoms with Crippen molar-refractivity contribution in [2.24, 2.45) is 11.7 Å². The zero-order valence-corrected chi connectivity index (χ0v) is 15.4. The van der Waals surface area contributed by atoms with Crippen LogP contribution >= 0.6 is 0 Å². The summed E-state index contributed by atoms with van der Waals surface area (Å²) in [5, 5.41) is 12.3. The number of rotatable bonds is 4. The van der Waals surface area contributed by atoms with Gasteiger partial charge in [0.15, 0.2) is 0 Å². The van der Waals surface area contributed by atoms with E-state index in [1.54, 1.807) is 12.1 Å². The Bertz CT molecular complexity index is 859. The number of anilines is 1. The molecule has 6 nitrogen and oxygen atoms in total. The van der Waals surface area contributed by atoms with Crippen molar-refractivity contribution in [1.29, 1.82) is 0 Å². The van der Waals surface area contributed by atoms with Crippen LogP contribution in [0.5, 0.6) is 0 Å². The number of benzene rings is 1. The Morgan fingerprint density at radius 2 is 2.14 bits per heavy atom. The third-order valence-electron chi connectivity index (χ3n) is 4.93. The van der Waals surface area contributed by atoms with Gasteiger partial charge in [-0.2, -0.15) is 13.2 Å². The van der Waals surface area contributed by atoms with Crippen molar-refractivity contribution >= 4 is 22.5 Å². The Morgan fingerprint density at radius 1 is 1.39 bits per heavy atom. The van der Waals surface area contributed by atoms with Gasteiger partial charge in [-0.3, -0.25) is 9.78 Å². The molecule has 0 bridgehead atoms. The maximum Gasteiger partial charge on any atom is 0.418 e. The van der Waals surface area contributed by atoms with Crippen molar-refractivity contribution in [2.75, 3.05) is 24.6 Å². The molecular weight excluding hydrogens is 373 g/mol. The van der Waals surface area contributed by atoms with Crippen molar-refractivity contribution in [1.82, 2.24) is 10.3 Å². The van der Waals surface area contributed by atoms with Crippen molar-refractivity contribution in [3.8, 4) is 0 Å². The molecule has 1 fully saturated rings. The first-order chi connectivity index (χ1) is 13.2. The molecule has 0 saturated carbocycles. The number of nitrogens with two attached hydrogens (primary N) is 1. The summed E-state index contributed by atoms with van der Waals surface area (Å²) in [7, 11) is 0. The first-order valence-corrected chi connectivity index (χ1v) is 9.07. The lowest BCUT2D eigenvalue weighted by Gasteiger charge is -2.39. The van der Waals surface area contributed by atoms with E-state index >= 15 is 0 Å². The molecule has 4 N–H and O–H groups in total. The fourth-order valence-corrected chi connectivity index (χ4v) is 3.71. The number of carbonyl (C=O) groups excluding carboxylic acids is 1. The minimum atomic E-state index is -4.49. The van der Waals surface area contributed by atoms with Crippen molar-refractivity contribution in [3.05, 3.63) is 36.0 Å². The van der Waals surface area contributed by atoms with Gasteiger partial charge in [0.1, 0.15) is 6.04 Å². The number of fused-ring (bicyclic) bond motifs is 1. The smallest absolute Gasteiger partial charge is 0.394 e. The predicted molar refractivity (Wildman–Crippen MR) is 99.7 cm³/mol. The SMILES string of the molecule is C[C@H]1C[C@@H](NC(=O)[C@H](N)CO)CN(c2ccc(C(F)(F)F)c3ncccc23)C1. The Labute approximate surface area is 160 Å². The van der Waals surface area contributed by atoms with E-state index in [0.717, 1.165) is 12.5 Å². The van der Waals surface area contributed by atoms with Gasteiger partial charge < -0.3 is 21.1 Å². The molecule has 2 aromatic rings. The summed E-state index contributed by atoms with van der Waals surface area (Å²) in [6.45, 7) is 2.65. The number of hydrogen-bond acceptors (Lipinski definition) is 5. The quantitative estimate of drug-likeness (QED) is 0.734. The monoisotopic (exact) mass is 396 g/mol. The van der Waals surface area contributed by atoms with Crippen LogP contribution in [0.25, 0.3) is 10.9 Å². The first-order valence-electron chi connectivity index (χ1n) is 9.07. The third-order valence-corrected chi connectivity index (χ3v) is 4.93. The molecule has 9 heteroatoms. The van der Waals surface area contributed by atoms with E-state index < -0.39 is 30.3 Å². The Balaban J connectivity index is 1.92. The number of alkyl halides is 3. The third kappa shape index (κ3) is 4.20. The number of halogens is 3. The second kappa shape index (κ2) is 7.92. The second-order valence-corrected chi connectivity index (χ2v) is 7.27. The molecule has 1 aromatic carbocycles. The normalized spacial score (nSPS) is 21.6. The van der Waals surface area contributed by atoms with Crippen LogP contribution in [-0.2, 0) is 11.0 Å². The highest BCUT2D eigenvalue weighted by molar-refractivity contribution is 5.94. The van der Waals surface area contributed by atoms with Crippen LogP contribution in [0.1, 0.15) is 18.9 Å². The Morgan fingerprint density at radius 3 is 2.82 bits per heavy atom. The topological polar surface area (TPSA) is 91.5 Å². The largest absolute Gasteiger partial charge is 0.418 e. The average Bonchev–Trinajstić information content (AvgIpc) is 2.65. The fraction of sp³-hybridized carbons (Fsp3) is 0.474. The molecule has 1 amide bonds. The van der Waals surface area contributed by atoms with Gasteiger partial charge in [0.25, 0.3) is 0 Å². The number of nitrogens with one attached hydrogen (secondary N) is 1.